The number of carbonyl (C=O) groups is 1. The fraction of sp³-hybridized carbons (Fsp3) is 0.400. The van der Waals surface area contributed by atoms with E-state index in [1.54, 1.807) is 13.0 Å². The first-order valence-electron chi connectivity index (χ1n) is 9.47. The number of aromatic nitrogens is 4. The summed E-state index contributed by atoms with van der Waals surface area (Å²) in [5.74, 6) is 2.00. The number of amides is 1. The molecule has 154 valence electrons. The Balaban J connectivity index is 1.77. The monoisotopic (exact) mass is 414 g/mol. The number of hydrogen-bond donors (Lipinski definition) is 1. The molecular formula is C20H26N6O2S. The number of aryl methyl sites for hydroxylation is 1. The van der Waals surface area contributed by atoms with Crippen LogP contribution in [0.25, 0.3) is 0 Å². The summed E-state index contributed by atoms with van der Waals surface area (Å²) in [5, 5.41) is 16.1. The average molecular weight is 415 g/mol. The van der Waals surface area contributed by atoms with Gasteiger partial charge in [0.25, 0.3) is 0 Å². The lowest BCUT2D eigenvalue weighted by atomic mass is 10.2. The number of nitrogens with one attached hydrogen (secondary N) is 1. The van der Waals surface area contributed by atoms with Gasteiger partial charge in [-0.15, -0.1) is 10.2 Å². The van der Waals surface area contributed by atoms with Gasteiger partial charge in [-0.2, -0.15) is 0 Å². The van der Waals surface area contributed by atoms with E-state index in [4.69, 9.17) is 4.52 Å². The summed E-state index contributed by atoms with van der Waals surface area (Å²) in [6.07, 6.45) is 0.913. The standard InChI is InChI=1S/C20H26N6O2S/c1-5-16(25(3)4)19-22-23-20(26(19)12-15-9-7-6-8-10-15)29-13-18(27)21-17-11-14(2)28-24-17/h6-11,16H,5,12-13H2,1-4H3,(H,21,24,27)/t16-/m1/s1. The van der Waals surface area contributed by atoms with Crippen molar-refractivity contribution in [2.75, 3.05) is 25.2 Å². The van der Waals surface area contributed by atoms with Crippen molar-refractivity contribution in [1.29, 1.82) is 0 Å². The van der Waals surface area contributed by atoms with Gasteiger partial charge in [0.05, 0.1) is 18.3 Å². The molecule has 1 amide bonds. The Labute approximate surface area is 174 Å². The minimum Gasteiger partial charge on any atom is -0.360 e. The summed E-state index contributed by atoms with van der Waals surface area (Å²) < 4.78 is 7.07. The van der Waals surface area contributed by atoms with Crippen LogP contribution in [0.15, 0.2) is 46.1 Å². The van der Waals surface area contributed by atoms with E-state index in [9.17, 15) is 4.79 Å². The van der Waals surface area contributed by atoms with Crippen molar-refractivity contribution in [3.8, 4) is 0 Å². The van der Waals surface area contributed by atoms with E-state index in [2.05, 4.69) is 49.2 Å². The van der Waals surface area contributed by atoms with Crippen molar-refractivity contribution < 1.29 is 9.32 Å². The molecule has 1 N–H and O–H groups in total. The molecule has 3 rings (SSSR count). The number of benzene rings is 1. The van der Waals surface area contributed by atoms with Gasteiger partial charge in [-0.25, -0.2) is 0 Å². The summed E-state index contributed by atoms with van der Waals surface area (Å²) in [5.41, 5.74) is 1.16. The predicted molar refractivity (Wildman–Crippen MR) is 113 cm³/mol. The number of anilines is 1. The molecule has 0 radical (unpaired) electrons. The number of rotatable bonds is 9. The van der Waals surface area contributed by atoms with Gasteiger partial charge in [0.2, 0.25) is 5.91 Å². The maximum atomic E-state index is 12.3. The molecule has 0 aliphatic carbocycles. The van der Waals surface area contributed by atoms with Gasteiger partial charge in [0.15, 0.2) is 16.8 Å². The number of thioether (sulfide) groups is 1. The highest BCUT2D eigenvalue weighted by atomic mass is 32.2. The lowest BCUT2D eigenvalue weighted by Crippen LogP contribution is -2.23. The van der Waals surface area contributed by atoms with Crippen molar-refractivity contribution >= 4 is 23.5 Å². The SMILES string of the molecule is CC[C@H](c1nnc(SCC(=O)Nc2cc(C)on2)n1Cc1ccccc1)N(C)C. The second kappa shape index (κ2) is 9.71. The second-order valence-corrected chi connectivity index (χ2v) is 7.90. The molecule has 0 fully saturated rings. The van der Waals surface area contributed by atoms with Gasteiger partial charge in [-0.05, 0) is 33.0 Å². The van der Waals surface area contributed by atoms with Gasteiger partial charge < -0.3 is 14.4 Å². The molecule has 9 heteroatoms. The number of carbonyl (C=O) groups excluding carboxylic acids is 1. The number of nitrogens with zero attached hydrogens (tertiary/aromatic N) is 5. The minimum atomic E-state index is -0.168. The molecule has 0 aliphatic heterocycles. The van der Waals surface area contributed by atoms with E-state index in [1.165, 1.54) is 11.8 Å². The van der Waals surface area contributed by atoms with Crippen molar-refractivity contribution in [3.05, 3.63) is 53.5 Å². The first kappa shape index (κ1) is 21.1. The Hall–Kier alpha value is -2.65. The smallest absolute Gasteiger partial charge is 0.236 e. The van der Waals surface area contributed by atoms with Crippen LogP contribution in [0, 0.1) is 6.92 Å². The molecule has 0 bridgehead atoms. The fourth-order valence-corrected chi connectivity index (χ4v) is 3.83. The Kier molecular flexibility index (Phi) is 7.05. The molecule has 0 saturated carbocycles. The predicted octanol–water partition coefficient (Wildman–Crippen LogP) is 3.37. The van der Waals surface area contributed by atoms with Crippen LogP contribution in [0.5, 0.6) is 0 Å². The highest BCUT2D eigenvalue weighted by Crippen LogP contribution is 2.26. The molecule has 1 aromatic carbocycles. The molecular weight excluding hydrogens is 388 g/mol. The van der Waals surface area contributed by atoms with Gasteiger partial charge in [0, 0.05) is 6.07 Å². The van der Waals surface area contributed by atoms with E-state index < -0.39 is 0 Å². The summed E-state index contributed by atoms with van der Waals surface area (Å²) in [6.45, 7) is 4.56. The maximum absolute atomic E-state index is 12.3. The third-order valence-electron chi connectivity index (χ3n) is 4.46. The summed E-state index contributed by atoms with van der Waals surface area (Å²) >= 11 is 1.36. The first-order valence-corrected chi connectivity index (χ1v) is 10.5. The molecule has 0 spiro atoms. The first-order chi connectivity index (χ1) is 14.0. The van der Waals surface area contributed by atoms with Crippen LogP contribution < -0.4 is 5.32 Å². The third-order valence-corrected chi connectivity index (χ3v) is 5.43. The van der Waals surface area contributed by atoms with Crippen molar-refractivity contribution in [2.45, 2.75) is 38.0 Å². The topological polar surface area (TPSA) is 89.1 Å². The summed E-state index contributed by atoms with van der Waals surface area (Å²) in [7, 11) is 4.08. The van der Waals surface area contributed by atoms with Crippen LogP contribution in [0.2, 0.25) is 0 Å². The highest BCUT2D eigenvalue weighted by Gasteiger charge is 2.22. The molecule has 1 atom stereocenters. The molecule has 0 unspecified atom stereocenters. The van der Waals surface area contributed by atoms with Crippen molar-refractivity contribution in [1.82, 2.24) is 24.8 Å². The van der Waals surface area contributed by atoms with Crippen LogP contribution >= 0.6 is 11.8 Å². The zero-order chi connectivity index (χ0) is 20.8. The molecule has 2 aromatic heterocycles. The third kappa shape index (κ3) is 5.45. The van der Waals surface area contributed by atoms with Crippen LogP contribution in [0.3, 0.4) is 0 Å². The van der Waals surface area contributed by atoms with Crippen LogP contribution in [-0.4, -0.2) is 50.6 Å². The van der Waals surface area contributed by atoms with Crippen molar-refractivity contribution in [2.24, 2.45) is 0 Å². The largest absolute Gasteiger partial charge is 0.360 e. The van der Waals surface area contributed by atoms with E-state index in [0.717, 1.165) is 23.0 Å². The molecule has 2 heterocycles. The zero-order valence-corrected chi connectivity index (χ0v) is 17.9. The Morgan fingerprint density at radius 2 is 2.03 bits per heavy atom. The molecule has 8 nitrogen and oxygen atoms in total. The quantitative estimate of drug-likeness (QED) is 0.537. The Bertz CT molecular complexity index is 938. The number of hydrogen-bond acceptors (Lipinski definition) is 7. The molecule has 3 aromatic rings. The molecule has 0 aliphatic rings. The normalized spacial score (nSPS) is 12.3. The van der Waals surface area contributed by atoms with Gasteiger partial charge >= 0.3 is 0 Å². The summed E-state index contributed by atoms with van der Waals surface area (Å²) in [4.78, 5) is 14.4. The van der Waals surface area contributed by atoms with Crippen LogP contribution in [0.1, 0.15) is 36.5 Å². The lowest BCUT2D eigenvalue weighted by Gasteiger charge is -2.23. The Morgan fingerprint density at radius 3 is 2.66 bits per heavy atom. The van der Waals surface area contributed by atoms with Crippen molar-refractivity contribution in [3.63, 3.8) is 0 Å². The van der Waals surface area contributed by atoms with Gasteiger partial charge in [-0.3, -0.25) is 9.69 Å². The Morgan fingerprint density at radius 1 is 1.28 bits per heavy atom. The minimum absolute atomic E-state index is 0.146. The van der Waals surface area contributed by atoms with Crippen LogP contribution in [-0.2, 0) is 11.3 Å². The second-order valence-electron chi connectivity index (χ2n) is 6.96. The van der Waals surface area contributed by atoms with E-state index in [1.807, 2.05) is 32.3 Å². The van der Waals surface area contributed by atoms with Gasteiger partial charge in [-0.1, -0.05) is 54.2 Å². The van der Waals surface area contributed by atoms with E-state index >= 15 is 0 Å². The maximum Gasteiger partial charge on any atom is 0.236 e. The fourth-order valence-electron chi connectivity index (χ4n) is 3.08. The van der Waals surface area contributed by atoms with Gasteiger partial charge in [0.1, 0.15) is 5.76 Å². The summed E-state index contributed by atoms with van der Waals surface area (Å²) in [6, 6.07) is 12.0. The zero-order valence-electron chi connectivity index (χ0n) is 17.1. The average Bonchev–Trinajstić information content (AvgIpc) is 3.28. The molecule has 29 heavy (non-hydrogen) atoms. The highest BCUT2D eigenvalue weighted by molar-refractivity contribution is 7.99. The van der Waals surface area contributed by atoms with E-state index in [-0.39, 0.29) is 17.7 Å². The molecule has 0 saturated heterocycles. The lowest BCUT2D eigenvalue weighted by molar-refractivity contribution is -0.113. The van der Waals surface area contributed by atoms with Crippen LogP contribution in [0.4, 0.5) is 5.82 Å². The van der Waals surface area contributed by atoms with E-state index in [0.29, 0.717) is 18.1 Å².